The molecule has 0 aliphatic rings. The van der Waals surface area contributed by atoms with E-state index in [0.29, 0.717) is 12.0 Å². The van der Waals surface area contributed by atoms with E-state index in [-0.39, 0.29) is 0 Å². The zero-order valence-corrected chi connectivity index (χ0v) is 8.49. The molecule has 0 aromatic heterocycles. The van der Waals surface area contributed by atoms with Gasteiger partial charge in [0.15, 0.2) is 0 Å². The summed E-state index contributed by atoms with van der Waals surface area (Å²) in [6, 6.07) is 0. The summed E-state index contributed by atoms with van der Waals surface area (Å²) < 4.78 is 0. The Balaban J connectivity index is 0. The van der Waals surface area contributed by atoms with Crippen LogP contribution >= 0.6 is 0 Å². The van der Waals surface area contributed by atoms with Gasteiger partial charge in [0.05, 0.1) is 0 Å². The van der Waals surface area contributed by atoms with Crippen LogP contribution in [0.1, 0.15) is 26.7 Å². The Labute approximate surface area is 83.6 Å². The fourth-order valence-electron chi connectivity index (χ4n) is 0.629. The van der Waals surface area contributed by atoms with Crippen LogP contribution in [0.25, 0.3) is 0 Å². The van der Waals surface area contributed by atoms with Crippen molar-refractivity contribution in [1.82, 2.24) is 0 Å². The molecule has 0 bridgehead atoms. The maximum atomic E-state index is 10.3. The second-order valence-electron chi connectivity index (χ2n) is 2.34. The monoisotopic (exact) mass is 200 g/mol. The minimum absolute atomic E-state index is 0.512. The highest BCUT2D eigenvalue weighted by atomic mass is 16.4. The largest absolute Gasteiger partial charge is 0.478 e. The molecule has 0 aromatic carbocycles. The van der Waals surface area contributed by atoms with E-state index in [1.165, 1.54) is 0 Å². The SMILES string of the molecule is C=CC(=O)O.CCC=C(CC)C(=O)O. The molecule has 0 aliphatic carbocycles. The van der Waals surface area contributed by atoms with Crippen molar-refractivity contribution in [3.8, 4) is 0 Å². The smallest absolute Gasteiger partial charge is 0.331 e. The molecular weight excluding hydrogens is 184 g/mol. The van der Waals surface area contributed by atoms with Crippen LogP contribution in [0.15, 0.2) is 24.3 Å². The molecule has 0 aromatic rings. The lowest BCUT2D eigenvalue weighted by Gasteiger charge is -1.93. The van der Waals surface area contributed by atoms with Crippen LogP contribution in [0, 0.1) is 0 Å². The summed E-state index contributed by atoms with van der Waals surface area (Å²) >= 11 is 0. The molecular formula is C10H16O4. The predicted molar refractivity (Wildman–Crippen MR) is 54.1 cm³/mol. The molecule has 0 aliphatic heterocycles. The average molecular weight is 200 g/mol. The summed E-state index contributed by atoms with van der Waals surface area (Å²) in [7, 11) is 0. The van der Waals surface area contributed by atoms with Gasteiger partial charge < -0.3 is 10.2 Å². The van der Waals surface area contributed by atoms with Crippen LogP contribution in [-0.4, -0.2) is 22.2 Å². The lowest BCUT2D eigenvalue weighted by Crippen LogP contribution is -1.98. The van der Waals surface area contributed by atoms with Crippen LogP contribution < -0.4 is 0 Å². The molecule has 4 heteroatoms. The number of carbonyl (C=O) groups is 2. The van der Waals surface area contributed by atoms with Crippen LogP contribution in [0.2, 0.25) is 0 Å². The van der Waals surface area contributed by atoms with Crippen molar-refractivity contribution in [2.75, 3.05) is 0 Å². The summed E-state index contributed by atoms with van der Waals surface area (Å²) in [6.45, 7) is 6.73. The number of carboxylic acid groups (broad SMARTS) is 2. The van der Waals surface area contributed by atoms with Crippen molar-refractivity contribution in [2.24, 2.45) is 0 Å². The number of carboxylic acids is 2. The van der Waals surface area contributed by atoms with Gasteiger partial charge in [-0.05, 0) is 12.8 Å². The fraction of sp³-hybridized carbons (Fsp3) is 0.400. The number of allylic oxidation sites excluding steroid dienone is 1. The number of hydrogen-bond donors (Lipinski definition) is 2. The van der Waals surface area contributed by atoms with Gasteiger partial charge in [0.25, 0.3) is 0 Å². The van der Waals surface area contributed by atoms with Gasteiger partial charge in [-0.2, -0.15) is 0 Å². The molecule has 80 valence electrons. The van der Waals surface area contributed by atoms with Crippen LogP contribution in [0.5, 0.6) is 0 Å². The van der Waals surface area contributed by atoms with E-state index in [2.05, 4.69) is 6.58 Å². The van der Waals surface area contributed by atoms with Crippen molar-refractivity contribution in [3.05, 3.63) is 24.3 Å². The Morgan fingerprint density at radius 3 is 1.79 bits per heavy atom. The first-order chi connectivity index (χ1) is 6.49. The summed E-state index contributed by atoms with van der Waals surface area (Å²) in [5.74, 6) is -1.77. The zero-order chi connectivity index (χ0) is 11.6. The average Bonchev–Trinajstić information content (AvgIpc) is 2.14. The van der Waals surface area contributed by atoms with Gasteiger partial charge in [-0.1, -0.05) is 26.5 Å². The molecule has 0 saturated heterocycles. The van der Waals surface area contributed by atoms with Crippen molar-refractivity contribution in [1.29, 1.82) is 0 Å². The second kappa shape index (κ2) is 9.51. The third-order valence-corrected chi connectivity index (χ3v) is 1.28. The minimum atomic E-state index is -0.981. The number of hydrogen-bond acceptors (Lipinski definition) is 2. The normalized spacial score (nSPS) is 9.71. The zero-order valence-electron chi connectivity index (χ0n) is 8.49. The molecule has 14 heavy (non-hydrogen) atoms. The highest BCUT2D eigenvalue weighted by Crippen LogP contribution is 2.00. The molecule has 4 nitrogen and oxygen atoms in total. The van der Waals surface area contributed by atoms with Crippen molar-refractivity contribution < 1.29 is 19.8 Å². The Hall–Kier alpha value is -1.58. The van der Waals surface area contributed by atoms with Crippen molar-refractivity contribution >= 4 is 11.9 Å². The third kappa shape index (κ3) is 10.4. The van der Waals surface area contributed by atoms with Gasteiger partial charge in [0.1, 0.15) is 0 Å². The molecule has 0 unspecified atom stereocenters. The first kappa shape index (κ1) is 14.9. The first-order valence-electron chi connectivity index (χ1n) is 4.27. The standard InChI is InChI=1S/C7H12O2.C3H4O2/c1-3-5-6(4-2)7(8)9;1-2-3(4)5/h5H,3-4H2,1-2H3,(H,8,9);2H,1H2,(H,4,5). The molecule has 0 radical (unpaired) electrons. The Morgan fingerprint density at radius 1 is 1.29 bits per heavy atom. The topological polar surface area (TPSA) is 74.6 Å². The first-order valence-corrected chi connectivity index (χ1v) is 4.27. The number of rotatable bonds is 4. The number of aliphatic carboxylic acids is 2. The van der Waals surface area contributed by atoms with E-state index >= 15 is 0 Å². The quantitative estimate of drug-likeness (QED) is 0.681. The Morgan fingerprint density at radius 2 is 1.71 bits per heavy atom. The highest BCUT2D eigenvalue weighted by Gasteiger charge is 2.00. The van der Waals surface area contributed by atoms with Gasteiger partial charge in [-0.15, -0.1) is 0 Å². The Bertz CT molecular complexity index is 228. The molecule has 0 fully saturated rings. The molecule has 0 amide bonds. The second-order valence-corrected chi connectivity index (χ2v) is 2.34. The van der Waals surface area contributed by atoms with E-state index in [4.69, 9.17) is 10.2 Å². The van der Waals surface area contributed by atoms with Gasteiger partial charge >= 0.3 is 11.9 Å². The van der Waals surface area contributed by atoms with Gasteiger partial charge in [-0.3, -0.25) is 0 Å². The van der Waals surface area contributed by atoms with E-state index in [0.717, 1.165) is 12.5 Å². The maximum Gasteiger partial charge on any atom is 0.331 e. The lowest BCUT2D eigenvalue weighted by molar-refractivity contribution is -0.133. The molecule has 2 N–H and O–H groups in total. The highest BCUT2D eigenvalue weighted by molar-refractivity contribution is 5.86. The summed E-state index contributed by atoms with van der Waals surface area (Å²) in [5.41, 5.74) is 0.512. The summed E-state index contributed by atoms with van der Waals surface area (Å²) in [6.07, 6.45) is 3.99. The summed E-state index contributed by atoms with van der Waals surface area (Å²) in [4.78, 5) is 19.5. The molecule has 0 spiro atoms. The van der Waals surface area contributed by atoms with Crippen LogP contribution in [-0.2, 0) is 9.59 Å². The predicted octanol–water partition coefficient (Wildman–Crippen LogP) is 2.07. The van der Waals surface area contributed by atoms with E-state index in [9.17, 15) is 9.59 Å². The molecule has 0 heterocycles. The minimum Gasteiger partial charge on any atom is -0.478 e. The molecule has 0 atom stereocenters. The van der Waals surface area contributed by atoms with Gasteiger partial charge in [-0.25, -0.2) is 9.59 Å². The Kier molecular flexibility index (Phi) is 10.1. The van der Waals surface area contributed by atoms with Crippen LogP contribution in [0.3, 0.4) is 0 Å². The molecule has 0 rings (SSSR count). The van der Waals surface area contributed by atoms with Gasteiger partial charge in [0.2, 0.25) is 0 Å². The van der Waals surface area contributed by atoms with Gasteiger partial charge in [0, 0.05) is 11.6 Å². The van der Waals surface area contributed by atoms with Crippen LogP contribution in [0.4, 0.5) is 0 Å². The third-order valence-electron chi connectivity index (χ3n) is 1.28. The fourth-order valence-corrected chi connectivity index (χ4v) is 0.629. The van der Waals surface area contributed by atoms with Crippen molar-refractivity contribution in [3.63, 3.8) is 0 Å². The summed E-state index contributed by atoms with van der Waals surface area (Å²) in [5, 5.41) is 16.0. The maximum absolute atomic E-state index is 10.3. The lowest BCUT2D eigenvalue weighted by atomic mass is 10.2. The van der Waals surface area contributed by atoms with E-state index in [1.54, 1.807) is 6.08 Å². The van der Waals surface area contributed by atoms with E-state index in [1.807, 2.05) is 13.8 Å². The molecule has 0 saturated carbocycles. The van der Waals surface area contributed by atoms with Crippen molar-refractivity contribution in [2.45, 2.75) is 26.7 Å². The van der Waals surface area contributed by atoms with E-state index < -0.39 is 11.9 Å².